The summed E-state index contributed by atoms with van der Waals surface area (Å²) < 4.78 is 0. The van der Waals surface area contributed by atoms with Gasteiger partial charge < -0.3 is 5.32 Å². The molecule has 0 amide bonds. The molecule has 82 valence electrons. The molecule has 1 rings (SSSR count). The molecule has 0 aromatic heterocycles. The highest BCUT2D eigenvalue weighted by Gasteiger charge is 1.93. The standard InChI is InChI=1S/C12H15Cl2N/c1-10(8-13)9-15-7-6-11-2-4-12(14)5-3-11/h2-5,8,15H,6-7,9H2,1H3/b10-8-. The largest absolute Gasteiger partial charge is 0.313 e. The van der Waals surface area contributed by atoms with Gasteiger partial charge in [-0.25, -0.2) is 0 Å². The van der Waals surface area contributed by atoms with E-state index in [2.05, 4.69) is 5.32 Å². The van der Waals surface area contributed by atoms with Crippen LogP contribution < -0.4 is 5.32 Å². The van der Waals surface area contributed by atoms with E-state index in [4.69, 9.17) is 23.2 Å². The van der Waals surface area contributed by atoms with Crippen LogP contribution >= 0.6 is 23.2 Å². The maximum atomic E-state index is 5.80. The Hall–Kier alpha value is -0.500. The first-order chi connectivity index (χ1) is 7.22. The fourth-order valence-corrected chi connectivity index (χ4v) is 1.41. The second-order valence-electron chi connectivity index (χ2n) is 3.51. The van der Waals surface area contributed by atoms with Gasteiger partial charge in [0.2, 0.25) is 0 Å². The van der Waals surface area contributed by atoms with Crippen LogP contribution in [0.4, 0.5) is 0 Å². The third-order valence-corrected chi connectivity index (χ3v) is 2.72. The molecular weight excluding hydrogens is 229 g/mol. The van der Waals surface area contributed by atoms with E-state index in [1.165, 1.54) is 5.56 Å². The van der Waals surface area contributed by atoms with Crippen LogP contribution in [0.5, 0.6) is 0 Å². The van der Waals surface area contributed by atoms with Gasteiger partial charge in [0.15, 0.2) is 0 Å². The highest BCUT2D eigenvalue weighted by molar-refractivity contribution is 6.30. The maximum Gasteiger partial charge on any atom is 0.0406 e. The summed E-state index contributed by atoms with van der Waals surface area (Å²) in [5.41, 5.74) is 4.04. The number of nitrogens with one attached hydrogen (secondary N) is 1. The van der Waals surface area contributed by atoms with Gasteiger partial charge >= 0.3 is 0 Å². The van der Waals surface area contributed by atoms with Gasteiger partial charge in [-0.05, 0) is 43.2 Å². The quantitative estimate of drug-likeness (QED) is 0.780. The average molecular weight is 244 g/mol. The predicted octanol–water partition coefficient (Wildman–Crippen LogP) is 3.61. The third kappa shape index (κ3) is 5.22. The lowest BCUT2D eigenvalue weighted by atomic mass is 10.1. The Morgan fingerprint density at radius 2 is 2.00 bits per heavy atom. The van der Waals surface area contributed by atoms with Gasteiger partial charge in [0.25, 0.3) is 0 Å². The number of hydrogen-bond donors (Lipinski definition) is 1. The van der Waals surface area contributed by atoms with E-state index in [0.29, 0.717) is 0 Å². The molecule has 0 atom stereocenters. The molecular formula is C12H15Cl2N. The van der Waals surface area contributed by atoms with Crippen LogP contribution in [0.3, 0.4) is 0 Å². The van der Waals surface area contributed by atoms with Crippen LogP contribution in [-0.2, 0) is 6.42 Å². The second-order valence-corrected chi connectivity index (χ2v) is 4.16. The fraction of sp³-hybridized carbons (Fsp3) is 0.333. The smallest absolute Gasteiger partial charge is 0.0406 e. The Labute approximate surface area is 101 Å². The first-order valence-electron chi connectivity index (χ1n) is 4.93. The molecule has 0 heterocycles. The summed E-state index contributed by atoms with van der Waals surface area (Å²) in [6.45, 7) is 3.79. The Morgan fingerprint density at radius 3 is 2.60 bits per heavy atom. The van der Waals surface area contributed by atoms with Gasteiger partial charge in [0.05, 0.1) is 0 Å². The molecule has 0 radical (unpaired) electrons. The Morgan fingerprint density at radius 1 is 1.33 bits per heavy atom. The molecule has 3 heteroatoms. The highest BCUT2D eigenvalue weighted by Crippen LogP contribution is 2.09. The molecule has 0 unspecified atom stereocenters. The van der Waals surface area contributed by atoms with Crippen LogP contribution in [0.15, 0.2) is 35.4 Å². The van der Waals surface area contributed by atoms with Crippen molar-refractivity contribution in [2.45, 2.75) is 13.3 Å². The summed E-state index contributed by atoms with van der Waals surface area (Å²) in [6, 6.07) is 7.93. The van der Waals surface area contributed by atoms with Crippen molar-refractivity contribution in [2.75, 3.05) is 13.1 Å². The number of hydrogen-bond acceptors (Lipinski definition) is 1. The van der Waals surface area contributed by atoms with Gasteiger partial charge in [-0.3, -0.25) is 0 Å². The molecule has 1 aromatic carbocycles. The zero-order valence-electron chi connectivity index (χ0n) is 8.76. The van der Waals surface area contributed by atoms with Gasteiger partial charge in [0, 0.05) is 17.1 Å². The third-order valence-electron chi connectivity index (χ3n) is 2.09. The van der Waals surface area contributed by atoms with Crippen molar-refractivity contribution >= 4 is 23.2 Å². The van der Waals surface area contributed by atoms with Crippen molar-refractivity contribution in [3.05, 3.63) is 46.0 Å². The zero-order chi connectivity index (χ0) is 11.1. The van der Waals surface area contributed by atoms with Crippen molar-refractivity contribution in [1.29, 1.82) is 0 Å². The SMILES string of the molecule is C/C(=C/Cl)CNCCc1ccc(Cl)cc1. The lowest BCUT2D eigenvalue weighted by Crippen LogP contribution is -2.19. The first-order valence-corrected chi connectivity index (χ1v) is 5.75. The van der Waals surface area contributed by atoms with Crippen LogP contribution in [0, 0.1) is 0 Å². The Balaban J connectivity index is 2.23. The maximum absolute atomic E-state index is 5.80. The highest BCUT2D eigenvalue weighted by atomic mass is 35.5. The van der Waals surface area contributed by atoms with Crippen molar-refractivity contribution in [1.82, 2.24) is 5.32 Å². The van der Waals surface area contributed by atoms with E-state index >= 15 is 0 Å². The van der Waals surface area contributed by atoms with E-state index < -0.39 is 0 Å². The molecule has 0 saturated heterocycles. The van der Waals surface area contributed by atoms with Crippen LogP contribution in [-0.4, -0.2) is 13.1 Å². The minimum absolute atomic E-state index is 0.785. The topological polar surface area (TPSA) is 12.0 Å². The number of benzene rings is 1. The minimum Gasteiger partial charge on any atom is -0.313 e. The summed E-state index contributed by atoms with van der Waals surface area (Å²) in [6.07, 6.45) is 1.01. The Kier molecular flexibility index (Phi) is 5.77. The van der Waals surface area contributed by atoms with Gasteiger partial charge in [-0.2, -0.15) is 0 Å². The molecule has 0 bridgehead atoms. The molecule has 15 heavy (non-hydrogen) atoms. The van der Waals surface area contributed by atoms with Crippen molar-refractivity contribution in [2.24, 2.45) is 0 Å². The van der Waals surface area contributed by atoms with Crippen LogP contribution in [0.1, 0.15) is 12.5 Å². The number of halogens is 2. The molecule has 0 fully saturated rings. The second kappa shape index (κ2) is 6.89. The lowest BCUT2D eigenvalue weighted by Gasteiger charge is -2.04. The summed E-state index contributed by atoms with van der Waals surface area (Å²) >= 11 is 11.3. The molecule has 0 aliphatic carbocycles. The van der Waals surface area contributed by atoms with E-state index in [1.807, 2.05) is 31.2 Å². The lowest BCUT2D eigenvalue weighted by molar-refractivity contribution is 0.728. The summed E-state index contributed by atoms with van der Waals surface area (Å²) in [5, 5.41) is 4.10. The predicted molar refractivity (Wildman–Crippen MR) is 67.6 cm³/mol. The molecule has 0 aliphatic heterocycles. The first kappa shape index (κ1) is 12.6. The van der Waals surface area contributed by atoms with E-state index in [9.17, 15) is 0 Å². The van der Waals surface area contributed by atoms with Crippen LogP contribution in [0.25, 0.3) is 0 Å². The normalized spacial score (nSPS) is 11.8. The molecule has 0 aliphatic rings. The molecule has 0 spiro atoms. The van der Waals surface area contributed by atoms with Gasteiger partial charge in [0.1, 0.15) is 0 Å². The van der Waals surface area contributed by atoms with Crippen molar-refractivity contribution in [3.8, 4) is 0 Å². The van der Waals surface area contributed by atoms with Crippen molar-refractivity contribution < 1.29 is 0 Å². The monoisotopic (exact) mass is 243 g/mol. The van der Waals surface area contributed by atoms with Crippen LogP contribution in [0.2, 0.25) is 5.02 Å². The summed E-state index contributed by atoms with van der Waals surface area (Å²) in [4.78, 5) is 0. The average Bonchev–Trinajstić information content (AvgIpc) is 2.26. The molecule has 0 saturated carbocycles. The molecule has 1 nitrogen and oxygen atoms in total. The molecule has 1 N–H and O–H groups in total. The fourth-order valence-electron chi connectivity index (χ4n) is 1.21. The zero-order valence-corrected chi connectivity index (χ0v) is 10.3. The van der Waals surface area contributed by atoms with Crippen molar-refractivity contribution in [3.63, 3.8) is 0 Å². The van der Waals surface area contributed by atoms with E-state index in [1.54, 1.807) is 5.54 Å². The van der Waals surface area contributed by atoms with E-state index in [0.717, 1.165) is 30.1 Å². The summed E-state index contributed by atoms with van der Waals surface area (Å²) in [5.74, 6) is 0. The minimum atomic E-state index is 0.785. The number of rotatable bonds is 5. The Bertz CT molecular complexity index is 317. The summed E-state index contributed by atoms with van der Waals surface area (Å²) in [7, 11) is 0. The van der Waals surface area contributed by atoms with Gasteiger partial charge in [-0.1, -0.05) is 35.3 Å². The molecule has 1 aromatic rings. The van der Waals surface area contributed by atoms with Gasteiger partial charge in [-0.15, -0.1) is 0 Å². The van der Waals surface area contributed by atoms with E-state index in [-0.39, 0.29) is 0 Å².